The van der Waals surface area contributed by atoms with Crippen molar-refractivity contribution >= 4 is 34.8 Å². The lowest BCUT2D eigenvalue weighted by molar-refractivity contribution is -0.122. The van der Waals surface area contributed by atoms with Gasteiger partial charge >= 0.3 is 0 Å². The van der Waals surface area contributed by atoms with Gasteiger partial charge < -0.3 is 14.8 Å². The molecule has 7 heteroatoms. The van der Waals surface area contributed by atoms with Gasteiger partial charge in [-0.2, -0.15) is 5.26 Å². The van der Waals surface area contributed by atoms with Crippen molar-refractivity contribution in [2.24, 2.45) is 0 Å². The van der Waals surface area contributed by atoms with Gasteiger partial charge in [-0.05, 0) is 37.3 Å². The second kappa shape index (κ2) is 7.91. The number of benzene rings is 2. The van der Waals surface area contributed by atoms with E-state index in [0.717, 1.165) is 0 Å². The van der Waals surface area contributed by atoms with Crippen LogP contribution in [0.1, 0.15) is 12.5 Å². The van der Waals surface area contributed by atoms with Gasteiger partial charge in [0.25, 0.3) is 5.91 Å². The molecule has 0 heterocycles. The number of rotatable bonds is 5. The first-order chi connectivity index (χ1) is 11.4. The number of hydrogen-bond donors (Lipinski definition) is 1. The molecule has 0 radical (unpaired) electrons. The highest BCUT2D eigenvalue weighted by atomic mass is 35.5. The average Bonchev–Trinajstić information content (AvgIpc) is 2.58. The van der Waals surface area contributed by atoms with Crippen molar-refractivity contribution in [2.75, 3.05) is 12.4 Å². The van der Waals surface area contributed by atoms with Crippen molar-refractivity contribution in [3.05, 3.63) is 52.0 Å². The Morgan fingerprint density at radius 1 is 1.21 bits per heavy atom. The predicted octanol–water partition coefficient (Wildman–Crippen LogP) is 4.28. The topological polar surface area (TPSA) is 71.3 Å². The molecule has 2 aromatic rings. The average molecular weight is 365 g/mol. The lowest BCUT2D eigenvalue weighted by atomic mass is 10.2. The maximum absolute atomic E-state index is 12.3. The van der Waals surface area contributed by atoms with Crippen LogP contribution in [0.2, 0.25) is 10.0 Å². The Morgan fingerprint density at radius 2 is 1.96 bits per heavy atom. The number of methoxy groups -OCH3 is 1. The number of hydrogen-bond acceptors (Lipinski definition) is 4. The summed E-state index contributed by atoms with van der Waals surface area (Å²) in [5.41, 5.74) is 0.832. The number of anilines is 1. The highest BCUT2D eigenvalue weighted by Gasteiger charge is 2.18. The minimum Gasteiger partial charge on any atom is -0.493 e. The molecule has 1 amide bonds. The Hall–Kier alpha value is -2.42. The van der Waals surface area contributed by atoms with Gasteiger partial charge in [-0.3, -0.25) is 4.79 Å². The van der Waals surface area contributed by atoms with E-state index in [9.17, 15) is 4.79 Å². The molecule has 2 rings (SSSR count). The van der Waals surface area contributed by atoms with E-state index in [4.69, 9.17) is 37.9 Å². The standard InChI is InChI=1S/C17H14Cl2N2O3/c1-10(17(22)21-14-8-12(18)4-5-13(14)19)24-15-6-3-11(9-20)7-16(15)23-2/h3-8,10H,1-2H3,(H,21,22)/t10-/m0/s1. The minimum atomic E-state index is -0.818. The molecule has 1 atom stereocenters. The first-order valence-corrected chi connectivity index (χ1v) is 7.71. The van der Waals surface area contributed by atoms with Crippen molar-refractivity contribution in [2.45, 2.75) is 13.0 Å². The number of carbonyl (C=O) groups is 1. The molecule has 24 heavy (non-hydrogen) atoms. The molecule has 2 aromatic carbocycles. The molecule has 0 aromatic heterocycles. The van der Waals surface area contributed by atoms with Gasteiger partial charge in [0.1, 0.15) is 0 Å². The summed E-state index contributed by atoms with van der Waals surface area (Å²) in [6.07, 6.45) is -0.818. The second-order valence-electron chi connectivity index (χ2n) is 4.85. The summed E-state index contributed by atoms with van der Waals surface area (Å²) >= 11 is 11.9. The lowest BCUT2D eigenvalue weighted by Gasteiger charge is -2.17. The van der Waals surface area contributed by atoms with Crippen LogP contribution in [0.25, 0.3) is 0 Å². The summed E-state index contributed by atoms with van der Waals surface area (Å²) in [5.74, 6) is 0.330. The van der Waals surface area contributed by atoms with Gasteiger partial charge in [-0.25, -0.2) is 0 Å². The third-order valence-electron chi connectivity index (χ3n) is 3.15. The van der Waals surface area contributed by atoms with E-state index in [-0.39, 0.29) is 0 Å². The number of nitrogens with zero attached hydrogens (tertiary/aromatic N) is 1. The summed E-state index contributed by atoms with van der Waals surface area (Å²) in [6, 6.07) is 11.5. The molecular weight excluding hydrogens is 351 g/mol. The maximum atomic E-state index is 12.3. The van der Waals surface area contributed by atoms with Crippen LogP contribution in [0.15, 0.2) is 36.4 Å². The fourth-order valence-electron chi connectivity index (χ4n) is 1.91. The van der Waals surface area contributed by atoms with Crippen molar-refractivity contribution in [1.29, 1.82) is 5.26 Å². The first-order valence-electron chi connectivity index (χ1n) is 6.95. The number of ether oxygens (including phenoxy) is 2. The molecule has 0 fully saturated rings. The largest absolute Gasteiger partial charge is 0.493 e. The molecular formula is C17H14Cl2N2O3. The van der Waals surface area contributed by atoms with Gasteiger partial charge in [0.2, 0.25) is 0 Å². The molecule has 0 saturated carbocycles. The van der Waals surface area contributed by atoms with Crippen LogP contribution < -0.4 is 14.8 Å². The van der Waals surface area contributed by atoms with Crippen LogP contribution in [-0.2, 0) is 4.79 Å². The highest BCUT2D eigenvalue weighted by molar-refractivity contribution is 6.35. The summed E-state index contributed by atoms with van der Waals surface area (Å²) < 4.78 is 10.8. The van der Waals surface area contributed by atoms with Crippen molar-refractivity contribution in [3.63, 3.8) is 0 Å². The first kappa shape index (κ1) is 17.9. The SMILES string of the molecule is COc1cc(C#N)ccc1O[C@@H](C)C(=O)Nc1cc(Cl)ccc1Cl. The maximum Gasteiger partial charge on any atom is 0.265 e. The monoisotopic (exact) mass is 364 g/mol. The van der Waals surface area contributed by atoms with Gasteiger partial charge in [0.15, 0.2) is 17.6 Å². The molecule has 0 bridgehead atoms. The van der Waals surface area contributed by atoms with E-state index in [1.165, 1.54) is 13.2 Å². The Morgan fingerprint density at radius 3 is 2.62 bits per heavy atom. The Kier molecular flexibility index (Phi) is 5.91. The van der Waals surface area contributed by atoms with E-state index in [1.54, 1.807) is 37.3 Å². The van der Waals surface area contributed by atoms with Crippen LogP contribution in [0.5, 0.6) is 11.5 Å². The second-order valence-corrected chi connectivity index (χ2v) is 5.69. The number of halogens is 2. The predicted molar refractivity (Wildman–Crippen MR) is 92.9 cm³/mol. The fraction of sp³-hybridized carbons (Fsp3) is 0.176. The van der Waals surface area contributed by atoms with Crippen molar-refractivity contribution < 1.29 is 14.3 Å². The highest BCUT2D eigenvalue weighted by Crippen LogP contribution is 2.29. The molecule has 0 aliphatic heterocycles. The number of carbonyl (C=O) groups excluding carboxylic acids is 1. The fourth-order valence-corrected chi connectivity index (χ4v) is 2.24. The summed E-state index contributed by atoms with van der Waals surface area (Å²) in [5, 5.41) is 12.4. The summed E-state index contributed by atoms with van der Waals surface area (Å²) in [7, 11) is 1.46. The Balaban J connectivity index is 2.12. The molecule has 0 aliphatic carbocycles. The molecule has 0 saturated heterocycles. The lowest BCUT2D eigenvalue weighted by Crippen LogP contribution is -2.30. The Bertz CT molecular complexity index is 803. The molecule has 0 aliphatic rings. The van der Waals surface area contributed by atoms with Crippen LogP contribution >= 0.6 is 23.2 Å². The van der Waals surface area contributed by atoms with Gasteiger partial charge in [0.05, 0.1) is 29.5 Å². The van der Waals surface area contributed by atoms with Crippen molar-refractivity contribution in [1.82, 2.24) is 0 Å². The third-order valence-corrected chi connectivity index (χ3v) is 3.72. The number of amides is 1. The third kappa shape index (κ3) is 4.31. The Labute approximate surface area is 149 Å². The van der Waals surface area contributed by atoms with Gasteiger partial charge in [0, 0.05) is 11.1 Å². The molecule has 1 N–H and O–H groups in total. The van der Waals surface area contributed by atoms with E-state index in [1.807, 2.05) is 6.07 Å². The van der Waals surface area contributed by atoms with Crippen LogP contribution in [-0.4, -0.2) is 19.1 Å². The zero-order valence-electron chi connectivity index (χ0n) is 13.0. The van der Waals surface area contributed by atoms with E-state index < -0.39 is 12.0 Å². The molecule has 0 unspecified atom stereocenters. The zero-order valence-corrected chi connectivity index (χ0v) is 14.5. The normalized spacial score (nSPS) is 11.3. The van der Waals surface area contributed by atoms with Crippen LogP contribution in [0, 0.1) is 11.3 Å². The van der Waals surface area contributed by atoms with Gasteiger partial charge in [-0.15, -0.1) is 0 Å². The summed E-state index contributed by atoms with van der Waals surface area (Å²) in [6.45, 7) is 1.59. The molecule has 5 nitrogen and oxygen atoms in total. The van der Waals surface area contributed by atoms with Gasteiger partial charge in [-0.1, -0.05) is 23.2 Å². The van der Waals surface area contributed by atoms with Crippen LogP contribution in [0.4, 0.5) is 5.69 Å². The van der Waals surface area contributed by atoms with E-state index in [2.05, 4.69) is 5.32 Å². The number of nitrogens with one attached hydrogen (secondary N) is 1. The van der Waals surface area contributed by atoms with Crippen molar-refractivity contribution in [3.8, 4) is 17.6 Å². The molecule has 0 spiro atoms. The molecule has 124 valence electrons. The minimum absolute atomic E-state index is 0.358. The smallest absolute Gasteiger partial charge is 0.265 e. The number of nitriles is 1. The zero-order chi connectivity index (χ0) is 17.7. The quantitative estimate of drug-likeness (QED) is 0.859. The van der Waals surface area contributed by atoms with E-state index >= 15 is 0 Å². The van der Waals surface area contributed by atoms with Crippen LogP contribution in [0.3, 0.4) is 0 Å². The summed E-state index contributed by atoms with van der Waals surface area (Å²) in [4.78, 5) is 12.3. The van der Waals surface area contributed by atoms with E-state index in [0.29, 0.717) is 32.8 Å².